The van der Waals surface area contributed by atoms with Crippen LogP contribution in [0.25, 0.3) is 0 Å². The fourth-order valence-corrected chi connectivity index (χ4v) is 3.27. The van der Waals surface area contributed by atoms with E-state index in [9.17, 15) is 9.59 Å². The smallest absolute Gasteiger partial charge is 0.327 e. The molecule has 0 saturated carbocycles. The molecular formula is C17H23NO7S. The molecule has 0 aromatic heterocycles. The van der Waals surface area contributed by atoms with Gasteiger partial charge < -0.3 is 29.4 Å². The monoisotopic (exact) mass is 385 g/mol. The molecule has 0 bridgehead atoms. The van der Waals surface area contributed by atoms with Gasteiger partial charge in [-0.25, -0.2) is 4.79 Å². The van der Waals surface area contributed by atoms with E-state index in [0.717, 1.165) is 0 Å². The van der Waals surface area contributed by atoms with Crippen LogP contribution >= 0.6 is 11.8 Å². The van der Waals surface area contributed by atoms with Gasteiger partial charge in [-0.05, 0) is 12.1 Å². The Morgan fingerprint density at radius 2 is 2.12 bits per heavy atom. The van der Waals surface area contributed by atoms with E-state index < -0.39 is 18.3 Å². The number of hydrogen-bond acceptors (Lipinski definition) is 7. The zero-order valence-electron chi connectivity index (χ0n) is 14.7. The SMILES string of the molecule is COc1ccccc1OCC1COC(CSCC(NC(C)=O)C(=O)O)O1. The van der Waals surface area contributed by atoms with Crippen LogP contribution in [0, 0.1) is 0 Å². The van der Waals surface area contributed by atoms with E-state index in [0.29, 0.717) is 30.5 Å². The molecule has 8 nitrogen and oxygen atoms in total. The number of carboxylic acids is 1. The van der Waals surface area contributed by atoms with E-state index in [1.807, 2.05) is 24.3 Å². The minimum Gasteiger partial charge on any atom is -0.493 e. The van der Waals surface area contributed by atoms with Gasteiger partial charge in [-0.1, -0.05) is 12.1 Å². The van der Waals surface area contributed by atoms with E-state index in [1.54, 1.807) is 7.11 Å². The molecule has 1 aromatic carbocycles. The highest BCUT2D eigenvalue weighted by Crippen LogP contribution is 2.26. The van der Waals surface area contributed by atoms with Crippen LogP contribution < -0.4 is 14.8 Å². The third-order valence-electron chi connectivity index (χ3n) is 3.52. The predicted molar refractivity (Wildman–Crippen MR) is 95.7 cm³/mol. The van der Waals surface area contributed by atoms with Gasteiger partial charge in [0.05, 0.1) is 13.7 Å². The van der Waals surface area contributed by atoms with E-state index in [2.05, 4.69) is 5.32 Å². The van der Waals surface area contributed by atoms with Gasteiger partial charge in [-0.15, -0.1) is 0 Å². The van der Waals surface area contributed by atoms with Crippen molar-refractivity contribution < 1.29 is 33.6 Å². The number of methoxy groups -OCH3 is 1. The van der Waals surface area contributed by atoms with Crippen LogP contribution in [0.4, 0.5) is 0 Å². The lowest BCUT2D eigenvalue weighted by molar-refractivity contribution is -0.140. The number of carbonyl (C=O) groups is 2. The maximum Gasteiger partial charge on any atom is 0.327 e. The number of hydrogen-bond donors (Lipinski definition) is 2. The molecule has 1 saturated heterocycles. The highest BCUT2D eigenvalue weighted by molar-refractivity contribution is 7.99. The molecule has 9 heteroatoms. The second kappa shape index (κ2) is 10.2. The first-order valence-electron chi connectivity index (χ1n) is 8.10. The number of benzene rings is 1. The maximum atomic E-state index is 11.1. The summed E-state index contributed by atoms with van der Waals surface area (Å²) < 4.78 is 22.2. The molecule has 1 fully saturated rings. The maximum absolute atomic E-state index is 11.1. The number of thioether (sulfide) groups is 1. The van der Waals surface area contributed by atoms with Crippen LogP contribution in [0.15, 0.2) is 24.3 Å². The lowest BCUT2D eigenvalue weighted by atomic mass is 10.3. The third kappa shape index (κ3) is 6.40. The average Bonchev–Trinajstić information content (AvgIpc) is 3.06. The molecule has 3 unspecified atom stereocenters. The molecule has 1 aliphatic heterocycles. The number of carboxylic acid groups (broad SMARTS) is 1. The van der Waals surface area contributed by atoms with Crippen LogP contribution in [-0.2, 0) is 19.1 Å². The summed E-state index contributed by atoms with van der Waals surface area (Å²) in [6.45, 7) is 2.01. The Labute approximate surface area is 156 Å². The Bertz CT molecular complexity index is 613. The van der Waals surface area contributed by atoms with E-state index >= 15 is 0 Å². The van der Waals surface area contributed by atoms with Gasteiger partial charge >= 0.3 is 5.97 Å². The van der Waals surface area contributed by atoms with Crippen molar-refractivity contribution in [3.8, 4) is 11.5 Å². The summed E-state index contributed by atoms with van der Waals surface area (Å²) in [4.78, 5) is 22.1. The molecule has 0 spiro atoms. The standard InChI is InChI=1S/C17H23NO7S/c1-11(19)18-13(17(20)21)9-26-10-16-24-8-12(25-16)7-23-15-6-4-3-5-14(15)22-2/h3-6,12-13,16H,7-10H2,1-2H3,(H,18,19)(H,20,21). The number of ether oxygens (including phenoxy) is 4. The first-order chi connectivity index (χ1) is 12.5. The van der Waals surface area contributed by atoms with Crippen molar-refractivity contribution in [2.45, 2.75) is 25.4 Å². The Morgan fingerprint density at radius 3 is 2.77 bits per heavy atom. The van der Waals surface area contributed by atoms with Crippen LogP contribution in [0.3, 0.4) is 0 Å². The minimum absolute atomic E-state index is 0.212. The molecule has 0 aliphatic carbocycles. The van der Waals surface area contributed by atoms with Gasteiger partial charge in [-0.2, -0.15) is 11.8 Å². The molecule has 0 radical (unpaired) electrons. The first-order valence-corrected chi connectivity index (χ1v) is 9.25. The average molecular weight is 385 g/mol. The largest absolute Gasteiger partial charge is 0.493 e. The summed E-state index contributed by atoms with van der Waals surface area (Å²) in [5.74, 6) is 0.547. The van der Waals surface area contributed by atoms with Crippen molar-refractivity contribution >= 4 is 23.6 Å². The van der Waals surface area contributed by atoms with Crippen molar-refractivity contribution in [1.82, 2.24) is 5.32 Å². The minimum atomic E-state index is -1.07. The van der Waals surface area contributed by atoms with Crippen molar-refractivity contribution in [3.63, 3.8) is 0 Å². The second-order valence-corrected chi connectivity index (χ2v) is 6.69. The molecule has 1 aromatic rings. The topological polar surface area (TPSA) is 103 Å². The Morgan fingerprint density at radius 1 is 1.38 bits per heavy atom. The molecule has 2 N–H and O–H groups in total. The lowest BCUT2D eigenvalue weighted by Gasteiger charge is -2.15. The molecule has 3 atom stereocenters. The quantitative estimate of drug-likeness (QED) is 0.618. The molecule has 1 amide bonds. The summed E-state index contributed by atoms with van der Waals surface area (Å²) in [7, 11) is 1.58. The normalized spacial score (nSPS) is 20.4. The van der Waals surface area contributed by atoms with Crippen molar-refractivity contribution in [3.05, 3.63) is 24.3 Å². The molecular weight excluding hydrogens is 362 g/mol. The molecule has 144 valence electrons. The van der Waals surface area contributed by atoms with Gasteiger partial charge in [0.25, 0.3) is 0 Å². The molecule has 26 heavy (non-hydrogen) atoms. The number of para-hydroxylation sites is 2. The fraction of sp³-hybridized carbons (Fsp3) is 0.529. The second-order valence-electron chi connectivity index (χ2n) is 5.61. The Hall–Kier alpha value is -1.97. The van der Waals surface area contributed by atoms with E-state index in [1.165, 1.54) is 18.7 Å². The molecule has 1 heterocycles. The summed E-state index contributed by atoms with van der Waals surface area (Å²) in [6.07, 6.45) is -0.644. The third-order valence-corrected chi connectivity index (χ3v) is 4.60. The van der Waals surface area contributed by atoms with Crippen molar-refractivity contribution in [1.29, 1.82) is 0 Å². The number of nitrogens with one attached hydrogen (secondary N) is 1. The van der Waals surface area contributed by atoms with Crippen LogP contribution in [0.5, 0.6) is 11.5 Å². The number of carbonyl (C=O) groups excluding carboxylic acids is 1. The summed E-state index contributed by atoms with van der Waals surface area (Å²) in [6, 6.07) is 6.42. The van der Waals surface area contributed by atoms with Crippen LogP contribution in [0.1, 0.15) is 6.92 Å². The fourth-order valence-electron chi connectivity index (χ4n) is 2.31. The molecule has 1 aliphatic rings. The number of rotatable bonds is 10. The summed E-state index contributed by atoms with van der Waals surface area (Å²) >= 11 is 1.35. The zero-order chi connectivity index (χ0) is 18.9. The van der Waals surface area contributed by atoms with Crippen LogP contribution in [0.2, 0.25) is 0 Å². The zero-order valence-corrected chi connectivity index (χ0v) is 15.5. The number of aliphatic carboxylic acids is 1. The highest BCUT2D eigenvalue weighted by atomic mass is 32.2. The predicted octanol–water partition coefficient (Wildman–Crippen LogP) is 1.14. The van der Waals surface area contributed by atoms with Gasteiger partial charge in [-0.3, -0.25) is 4.79 Å². The summed E-state index contributed by atoms with van der Waals surface area (Å²) in [5.41, 5.74) is 0. The Balaban J connectivity index is 1.70. The van der Waals surface area contributed by atoms with E-state index in [4.69, 9.17) is 24.1 Å². The lowest BCUT2D eigenvalue weighted by Crippen LogP contribution is -2.41. The van der Waals surface area contributed by atoms with Gasteiger partial charge in [0.2, 0.25) is 5.91 Å². The Kier molecular flexibility index (Phi) is 8.02. The highest BCUT2D eigenvalue weighted by Gasteiger charge is 2.27. The first kappa shape index (κ1) is 20.3. The van der Waals surface area contributed by atoms with Gasteiger partial charge in [0.1, 0.15) is 18.8 Å². The van der Waals surface area contributed by atoms with Crippen molar-refractivity contribution in [2.75, 3.05) is 31.8 Å². The van der Waals surface area contributed by atoms with Crippen molar-refractivity contribution in [2.24, 2.45) is 0 Å². The van der Waals surface area contributed by atoms with E-state index in [-0.39, 0.29) is 17.8 Å². The molecule has 2 rings (SSSR count). The van der Waals surface area contributed by atoms with Gasteiger partial charge in [0, 0.05) is 18.4 Å². The van der Waals surface area contributed by atoms with Crippen LogP contribution in [-0.4, -0.2) is 67.2 Å². The summed E-state index contributed by atoms with van der Waals surface area (Å²) in [5, 5.41) is 11.4. The number of amides is 1. The van der Waals surface area contributed by atoms with Gasteiger partial charge in [0.15, 0.2) is 17.8 Å².